The quantitative estimate of drug-likeness (QED) is 0.501. The number of carbonyl (C=O) groups is 1. The van der Waals surface area contributed by atoms with E-state index in [1.165, 1.54) is 0 Å². The molecule has 1 unspecified atom stereocenters. The Morgan fingerprint density at radius 1 is 1.47 bits per heavy atom. The smallest absolute Gasteiger partial charge is 0.320 e. The lowest BCUT2D eigenvalue weighted by Gasteiger charge is -2.22. The predicted molar refractivity (Wildman–Crippen MR) is 66.3 cm³/mol. The van der Waals surface area contributed by atoms with E-state index in [-0.39, 0.29) is 29.9 Å². The fourth-order valence-corrected chi connectivity index (χ4v) is 2.78. The van der Waals surface area contributed by atoms with Crippen LogP contribution >= 0.6 is 0 Å². The predicted octanol–water partition coefficient (Wildman–Crippen LogP) is 0.244. The van der Waals surface area contributed by atoms with E-state index in [0.29, 0.717) is 6.42 Å². The second-order valence-electron chi connectivity index (χ2n) is 5.03. The summed E-state index contributed by atoms with van der Waals surface area (Å²) in [7, 11) is -2.81. The fraction of sp³-hybridized carbons (Fsp3) is 0.900. The first-order valence-electron chi connectivity index (χ1n) is 5.43. The SMILES string of the molecule is CC(C)(CO)CCS(=N)(=O)CC[C@H](N)C(=O)O. The lowest BCUT2D eigenvalue weighted by molar-refractivity contribution is -0.138. The summed E-state index contributed by atoms with van der Waals surface area (Å²) in [4.78, 5) is 10.5. The van der Waals surface area contributed by atoms with Crippen LogP contribution in [-0.4, -0.2) is 44.5 Å². The minimum atomic E-state index is -2.81. The first-order chi connectivity index (χ1) is 7.59. The molecular weight excluding hydrogens is 244 g/mol. The molecule has 0 fully saturated rings. The van der Waals surface area contributed by atoms with E-state index in [9.17, 15) is 9.00 Å². The van der Waals surface area contributed by atoms with Crippen molar-refractivity contribution in [2.24, 2.45) is 11.1 Å². The molecule has 0 heterocycles. The lowest BCUT2D eigenvalue weighted by atomic mass is 9.92. The summed E-state index contributed by atoms with van der Waals surface area (Å²) in [6.45, 7) is 3.62. The van der Waals surface area contributed by atoms with Crippen LogP contribution < -0.4 is 5.73 Å². The molecular formula is C10H22N2O4S. The van der Waals surface area contributed by atoms with Crippen molar-refractivity contribution in [3.63, 3.8) is 0 Å². The molecule has 0 aliphatic rings. The summed E-state index contributed by atoms with van der Waals surface area (Å²) < 4.78 is 19.4. The number of rotatable bonds is 8. The Labute approximate surface area is 102 Å². The first kappa shape index (κ1) is 16.3. The third kappa shape index (κ3) is 7.30. The van der Waals surface area contributed by atoms with Gasteiger partial charge in [-0.05, 0) is 18.3 Å². The van der Waals surface area contributed by atoms with Crippen molar-refractivity contribution in [1.82, 2.24) is 0 Å². The van der Waals surface area contributed by atoms with Gasteiger partial charge in [0, 0.05) is 27.8 Å². The topological polar surface area (TPSA) is 124 Å². The van der Waals surface area contributed by atoms with Gasteiger partial charge in [-0.1, -0.05) is 13.8 Å². The zero-order valence-electron chi connectivity index (χ0n) is 10.3. The number of hydrogen-bond donors (Lipinski definition) is 4. The summed E-state index contributed by atoms with van der Waals surface area (Å²) in [5.41, 5.74) is 4.92. The molecule has 102 valence electrons. The molecule has 2 atom stereocenters. The Bertz CT molecular complexity index is 351. The van der Waals surface area contributed by atoms with Crippen LogP contribution in [0.4, 0.5) is 0 Å². The molecule has 0 aromatic rings. The maximum absolute atomic E-state index is 11.8. The van der Waals surface area contributed by atoms with Gasteiger partial charge in [0.2, 0.25) is 0 Å². The maximum atomic E-state index is 11.8. The molecule has 0 aromatic carbocycles. The highest BCUT2D eigenvalue weighted by molar-refractivity contribution is 7.92. The summed E-state index contributed by atoms with van der Waals surface area (Å²) in [6, 6.07) is -1.06. The number of aliphatic carboxylic acids is 1. The van der Waals surface area contributed by atoms with Crippen LogP contribution in [0.5, 0.6) is 0 Å². The Morgan fingerprint density at radius 2 is 2.00 bits per heavy atom. The lowest BCUT2D eigenvalue weighted by Crippen LogP contribution is -2.32. The van der Waals surface area contributed by atoms with Gasteiger partial charge >= 0.3 is 5.97 Å². The molecule has 0 radical (unpaired) electrons. The Hall–Kier alpha value is -0.660. The monoisotopic (exact) mass is 266 g/mol. The van der Waals surface area contributed by atoms with Crippen molar-refractivity contribution in [2.75, 3.05) is 18.1 Å². The van der Waals surface area contributed by atoms with E-state index < -0.39 is 21.7 Å². The second kappa shape index (κ2) is 6.32. The van der Waals surface area contributed by atoms with Gasteiger partial charge < -0.3 is 15.9 Å². The van der Waals surface area contributed by atoms with Gasteiger partial charge in [-0.2, -0.15) is 0 Å². The zero-order valence-corrected chi connectivity index (χ0v) is 11.1. The van der Waals surface area contributed by atoms with Crippen LogP contribution in [0, 0.1) is 10.2 Å². The molecule has 0 saturated carbocycles. The molecule has 0 bridgehead atoms. The number of hydrogen-bond acceptors (Lipinski definition) is 5. The van der Waals surface area contributed by atoms with Gasteiger partial charge in [0.15, 0.2) is 0 Å². The first-order valence-corrected chi connectivity index (χ1v) is 7.33. The molecule has 7 heteroatoms. The normalized spacial score (nSPS) is 17.4. The van der Waals surface area contributed by atoms with E-state index in [4.69, 9.17) is 20.7 Å². The van der Waals surface area contributed by atoms with Gasteiger partial charge in [0.1, 0.15) is 6.04 Å². The minimum absolute atomic E-state index is 0.0119. The number of nitrogens with one attached hydrogen (secondary N) is 1. The van der Waals surface area contributed by atoms with E-state index in [0.717, 1.165) is 0 Å². The van der Waals surface area contributed by atoms with E-state index in [1.807, 2.05) is 13.8 Å². The maximum Gasteiger partial charge on any atom is 0.320 e. The molecule has 0 saturated heterocycles. The molecule has 0 aliphatic heterocycles. The highest BCUT2D eigenvalue weighted by Gasteiger charge is 2.21. The minimum Gasteiger partial charge on any atom is -0.480 e. The van der Waals surface area contributed by atoms with Crippen molar-refractivity contribution in [3.05, 3.63) is 0 Å². The highest BCUT2D eigenvalue weighted by atomic mass is 32.2. The van der Waals surface area contributed by atoms with E-state index in [2.05, 4.69) is 0 Å². The molecule has 0 aliphatic carbocycles. The summed E-state index contributed by atoms with van der Waals surface area (Å²) >= 11 is 0. The van der Waals surface area contributed by atoms with Gasteiger partial charge in [0.25, 0.3) is 0 Å². The van der Waals surface area contributed by atoms with Crippen LogP contribution in [0.2, 0.25) is 0 Å². The van der Waals surface area contributed by atoms with Crippen LogP contribution in [0.25, 0.3) is 0 Å². The van der Waals surface area contributed by atoms with Crippen LogP contribution in [0.3, 0.4) is 0 Å². The van der Waals surface area contributed by atoms with Gasteiger partial charge in [-0.3, -0.25) is 9.57 Å². The van der Waals surface area contributed by atoms with Crippen molar-refractivity contribution < 1.29 is 19.2 Å². The van der Waals surface area contributed by atoms with Crippen molar-refractivity contribution in [3.8, 4) is 0 Å². The number of carboxylic acids is 1. The summed E-state index contributed by atoms with van der Waals surface area (Å²) in [5, 5.41) is 17.6. The van der Waals surface area contributed by atoms with Crippen LogP contribution in [0.15, 0.2) is 0 Å². The number of aliphatic hydroxyl groups excluding tert-OH is 1. The Morgan fingerprint density at radius 3 is 2.41 bits per heavy atom. The van der Waals surface area contributed by atoms with Gasteiger partial charge in [0.05, 0.1) is 0 Å². The zero-order chi connectivity index (χ0) is 13.7. The van der Waals surface area contributed by atoms with Gasteiger partial charge in [-0.15, -0.1) is 0 Å². The van der Waals surface area contributed by atoms with Crippen LogP contribution in [-0.2, 0) is 14.5 Å². The molecule has 6 nitrogen and oxygen atoms in total. The van der Waals surface area contributed by atoms with Crippen molar-refractivity contribution in [1.29, 1.82) is 4.78 Å². The Kier molecular flexibility index (Phi) is 6.08. The third-order valence-corrected chi connectivity index (χ3v) is 4.37. The number of aliphatic hydroxyl groups is 1. The molecule has 0 aromatic heterocycles. The van der Waals surface area contributed by atoms with Crippen molar-refractivity contribution >= 4 is 15.7 Å². The largest absolute Gasteiger partial charge is 0.480 e. The van der Waals surface area contributed by atoms with E-state index >= 15 is 0 Å². The number of nitrogens with two attached hydrogens (primary N) is 1. The molecule has 17 heavy (non-hydrogen) atoms. The molecule has 0 rings (SSSR count). The Balaban J connectivity index is 4.19. The molecule has 0 amide bonds. The summed E-state index contributed by atoms with van der Waals surface area (Å²) in [6.07, 6.45) is 0.505. The number of carboxylic acid groups (broad SMARTS) is 1. The third-order valence-electron chi connectivity index (χ3n) is 2.61. The summed E-state index contributed by atoms with van der Waals surface area (Å²) in [5.74, 6) is -0.995. The average Bonchev–Trinajstić information content (AvgIpc) is 2.23. The molecule has 5 N–H and O–H groups in total. The second-order valence-corrected chi connectivity index (χ2v) is 7.47. The van der Waals surface area contributed by atoms with Gasteiger partial charge in [-0.25, -0.2) is 4.21 Å². The average molecular weight is 266 g/mol. The standard InChI is InChI=1S/C10H22N2O4S/c1-10(2,7-13)4-6-17(12,16)5-3-8(11)9(14)15/h8,12-13H,3-7,11H2,1-2H3,(H,14,15)/t8-,17?/m0/s1. The highest BCUT2D eigenvalue weighted by Crippen LogP contribution is 2.20. The van der Waals surface area contributed by atoms with Crippen molar-refractivity contribution in [2.45, 2.75) is 32.7 Å². The van der Waals surface area contributed by atoms with E-state index in [1.54, 1.807) is 0 Å². The fourth-order valence-electron chi connectivity index (χ4n) is 1.06. The van der Waals surface area contributed by atoms with Crippen LogP contribution in [0.1, 0.15) is 26.7 Å². The molecule has 0 spiro atoms.